The molecule has 3 aromatic heterocycles. The van der Waals surface area contributed by atoms with Crippen LogP contribution in [0, 0.1) is 5.41 Å². The smallest absolute Gasteiger partial charge is 0.349 e. The van der Waals surface area contributed by atoms with Crippen LogP contribution in [0.15, 0.2) is 59.5 Å². The summed E-state index contributed by atoms with van der Waals surface area (Å²) in [6, 6.07) is 14.2. The monoisotopic (exact) mass is 446 g/mol. The zero-order valence-electron chi connectivity index (χ0n) is 18.0. The van der Waals surface area contributed by atoms with Gasteiger partial charge >= 0.3 is 5.69 Å². The summed E-state index contributed by atoms with van der Waals surface area (Å²) in [5, 5.41) is 19.9. The van der Waals surface area contributed by atoms with E-state index in [0.29, 0.717) is 35.4 Å². The van der Waals surface area contributed by atoms with Crippen LogP contribution in [0.4, 0.5) is 0 Å². The van der Waals surface area contributed by atoms with Crippen LogP contribution in [0.2, 0.25) is 0 Å². The number of aromatic nitrogens is 6. The molecule has 4 rings (SSSR count). The maximum atomic E-state index is 12.7. The van der Waals surface area contributed by atoms with E-state index in [0.717, 1.165) is 11.1 Å². The fraction of sp³-hybridized carbons (Fsp3) is 0.182. The molecule has 1 unspecified atom stereocenters. The topological polar surface area (TPSA) is 158 Å². The summed E-state index contributed by atoms with van der Waals surface area (Å²) in [7, 11) is 3.04. The van der Waals surface area contributed by atoms with Crippen molar-refractivity contribution >= 4 is 5.84 Å². The van der Waals surface area contributed by atoms with Gasteiger partial charge < -0.3 is 15.2 Å². The molecule has 0 aliphatic carbocycles. The maximum absolute atomic E-state index is 12.7. The molecule has 168 valence electrons. The molecule has 1 atom stereocenters. The highest BCUT2D eigenvalue weighted by Gasteiger charge is 2.23. The summed E-state index contributed by atoms with van der Waals surface area (Å²) in [5.41, 5.74) is 7.50. The number of hydrogen-bond donors (Lipinski definition) is 3. The molecule has 0 bridgehead atoms. The Bertz CT molecular complexity index is 1290. The number of ether oxygens (including phenoxy) is 2. The zero-order valence-corrected chi connectivity index (χ0v) is 18.0. The minimum Gasteiger partial charge on any atom is -0.481 e. The van der Waals surface area contributed by atoms with Gasteiger partial charge in [0.1, 0.15) is 11.7 Å². The lowest BCUT2D eigenvalue weighted by atomic mass is 9.91. The number of hydrogen-bond acceptors (Lipinski definition) is 8. The van der Waals surface area contributed by atoms with Crippen LogP contribution < -0.4 is 20.9 Å². The van der Waals surface area contributed by atoms with Gasteiger partial charge in [-0.15, -0.1) is 10.2 Å². The van der Waals surface area contributed by atoms with Crippen molar-refractivity contribution in [3.63, 3.8) is 0 Å². The highest BCUT2D eigenvalue weighted by molar-refractivity contribution is 5.94. The minimum absolute atomic E-state index is 0.00579. The largest absolute Gasteiger partial charge is 0.481 e. The van der Waals surface area contributed by atoms with Gasteiger partial charge in [-0.1, -0.05) is 24.3 Å². The molecule has 4 N–H and O–H groups in total. The summed E-state index contributed by atoms with van der Waals surface area (Å²) >= 11 is 0. The molecule has 0 spiro atoms. The predicted molar refractivity (Wildman–Crippen MR) is 120 cm³/mol. The Labute approximate surface area is 188 Å². The van der Waals surface area contributed by atoms with Crippen LogP contribution in [0.1, 0.15) is 28.4 Å². The summed E-state index contributed by atoms with van der Waals surface area (Å²) in [6.07, 6.45) is 2.01. The van der Waals surface area contributed by atoms with Gasteiger partial charge in [-0.05, 0) is 29.7 Å². The molecule has 4 aromatic rings. The van der Waals surface area contributed by atoms with Crippen molar-refractivity contribution in [2.75, 3.05) is 14.2 Å². The van der Waals surface area contributed by atoms with Crippen molar-refractivity contribution in [3.05, 3.63) is 87.7 Å². The fourth-order valence-corrected chi connectivity index (χ4v) is 3.40. The Morgan fingerprint density at radius 3 is 2.42 bits per heavy atom. The van der Waals surface area contributed by atoms with Gasteiger partial charge in [-0.3, -0.25) is 10.4 Å². The van der Waals surface area contributed by atoms with Crippen molar-refractivity contribution in [2.45, 2.75) is 12.3 Å². The molecule has 11 nitrogen and oxygen atoms in total. The number of H-pyrrole nitrogens is 1. The number of nitrogens with two attached hydrogens (primary N) is 1. The molecule has 0 aliphatic heterocycles. The average molecular weight is 446 g/mol. The molecule has 11 heteroatoms. The number of aromatic amines is 1. The number of nitrogens with zero attached hydrogens (tertiary/aromatic N) is 5. The van der Waals surface area contributed by atoms with E-state index in [2.05, 4.69) is 25.3 Å². The van der Waals surface area contributed by atoms with Gasteiger partial charge in [0.25, 0.3) is 0 Å². The van der Waals surface area contributed by atoms with E-state index >= 15 is 0 Å². The van der Waals surface area contributed by atoms with E-state index in [1.807, 2.05) is 12.1 Å². The maximum Gasteiger partial charge on any atom is 0.349 e. The number of nitrogens with one attached hydrogen (secondary N) is 2. The van der Waals surface area contributed by atoms with E-state index in [9.17, 15) is 4.79 Å². The normalized spacial score (nSPS) is 11.7. The molecule has 33 heavy (non-hydrogen) atoms. The molecule has 0 fully saturated rings. The zero-order chi connectivity index (χ0) is 23.4. The number of nitrogen functional groups attached to an aromatic ring is 1. The Morgan fingerprint density at radius 2 is 1.85 bits per heavy atom. The highest BCUT2D eigenvalue weighted by atomic mass is 16.5. The summed E-state index contributed by atoms with van der Waals surface area (Å²) < 4.78 is 11.8. The Kier molecular flexibility index (Phi) is 6.11. The minimum atomic E-state index is -0.435. The van der Waals surface area contributed by atoms with Gasteiger partial charge in [0, 0.05) is 29.8 Å². The second-order valence-corrected chi connectivity index (χ2v) is 7.16. The number of pyridine rings is 1. The first-order valence-electron chi connectivity index (χ1n) is 9.99. The van der Waals surface area contributed by atoms with Crippen molar-refractivity contribution in [3.8, 4) is 17.6 Å². The van der Waals surface area contributed by atoms with Gasteiger partial charge in [0.2, 0.25) is 11.8 Å². The first kappa shape index (κ1) is 21.7. The molecule has 0 amide bonds. The molecule has 0 saturated heterocycles. The summed E-state index contributed by atoms with van der Waals surface area (Å²) in [5.74, 6) is 1.10. The van der Waals surface area contributed by atoms with Crippen LogP contribution in [0.25, 0.3) is 5.82 Å². The third kappa shape index (κ3) is 4.71. The third-order valence-electron chi connectivity index (χ3n) is 5.07. The first-order valence-corrected chi connectivity index (χ1v) is 9.99. The second-order valence-electron chi connectivity index (χ2n) is 7.16. The second kappa shape index (κ2) is 9.30. The van der Waals surface area contributed by atoms with E-state index in [-0.39, 0.29) is 11.8 Å². The SMILES string of the molecule is COc1cc(C(Cc2ccc(C(=N)N)cc2)c2nn(-c3cccnn3)c(=O)[nH]2)cc(OC)n1. The quantitative estimate of drug-likeness (QED) is 0.271. The van der Waals surface area contributed by atoms with Crippen LogP contribution in [-0.2, 0) is 6.42 Å². The first-order chi connectivity index (χ1) is 16.0. The Morgan fingerprint density at radius 1 is 1.15 bits per heavy atom. The van der Waals surface area contributed by atoms with E-state index in [1.165, 1.54) is 25.1 Å². The lowest BCUT2D eigenvalue weighted by Crippen LogP contribution is -2.17. The molecular weight excluding hydrogens is 424 g/mol. The molecule has 0 saturated carbocycles. The van der Waals surface area contributed by atoms with Crippen LogP contribution in [-0.4, -0.2) is 50.0 Å². The number of methoxy groups -OCH3 is 2. The van der Waals surface area contributed by atoms with E-state index < -0.39 is 5.69 Å². The molecule has 1 aromatic carbocycles. The molecular formula is C22H22N8O3. The van der Waals surface area contributed by atoms with Crippen molar-refractivity contribution < 1.29 is 9.47 Å². The number of rotatable bonds is 8. The van der Waals surface area contributed by atoms with Gasteiger partial charge in [-0.2, -0.15) is 14.8 Å². The van der Waals surface area contributed by atoms with Gasteiger partial charge in [0.15, 0.2) is 5.82 Å². The van der Waals surface area contributed by atoms with Crippen LogP contribution >= 0.6 is 0 Å². The lowest BCUT2D eigenvalue weighted by Gasteiger charge is -2.17. The Hall–Kier alpha value is -4.54. The van der Waals surface area contributed by atoms with Crippen molar-refractivity contribution in [1.82, 2.24) is 29.9 Å². The number of amidine groups is 1. The summed E-state index contributed by atoms with van der Waals surface area (Å²) in [6.45, 7) is 0. The van der Waals surface area contributed by atoms with Gasteiger partial charge in [0.05, 0.1) is 14.2 Å². The highest BCUT2D eigenvalue weighted by Crippen LogP contribution is 2.30. The predicted octanol–water partition coefficient (Wildman–Crippen LogP) is 1.42. The average Bonchev–Trinajstić information content (AvgIpc) is 3.24. The van der Waals surface area contributed by atoms with Gasteiger partial charge in [-0.25, -0.2) is 4.79 Å². The van der Waals surface area contributed by atoms with E-state index in [1.54, 1.807) is 36.4 Å². The van der Waals surface area contributed by atoms with Crippen molar-refractivity contribution in [2.24, 2.45) is 5.73 Å². The number of benzene rings is 1. The standard InChI is InChI=1S/C22H22N8O3/c1-32-18-11-15(12-19(26-18)33-2)16(10-13-5-7-14(8-6-13)20(23)24)21-27-22(31)30(29-21)17-4-3-9-25-28-17/h3-9,11-12,16H,10H2,1-2H3,(H3,23,24)(H,27,29,31). The van der Waals surface area contributed by atoms with Crippen molar-refractivity contribution in [1.29, 1.82) is 5.41 Å². The van der Waals surface area contributed by atoms with Crippen LogP contribution in [0.3, 0.4) is 0 Å². The molecule has 3 heterocycles. The molecule has 0 radical (unpaired) electrons. The fourth-order valence-electron chi connectivity index (χ4n) is 3.40. The third-order valence-corrected chi connectivity index (χ3v) is 5.07. The Balaban J connectivity index is 1.80. The lowest BCUT2D eigenvalue weighted by molar-refractivity contribution is 0.363. The summed E-state index contributed by atoms with van der Waals surface area (Å²) in [4.78, 5) is 19.8. The molecule has 0 aliphatic rings. The van der Waals surface area contributed by atoms with Crippen LogP contribution in [0.5, 0.6) is 11.8 Å². The van der Waals surface area contributed by atoms with E-state index in [4.69, 9.17) is 20.6 Å².